The summed E-state index contributed by atoms with van der Waals surface area (Å²) in [5.74, 6) is 0.592. The zero-order chi connectivity index (χ0) is 19.8. The Labute approximate surface area is 163 Å². The van der Waals surface area contributed by atoms with Crippen LogP contribution in [-0.2, 0) is 11.3 Å². The van der Waals surface area contributed by atoms with Gasteiger partial charge in [-0.2, -0.15) is 10.2 Å². The third-order valence-electron chi connectivity index (χ3n) is 5.63. The molecule has 2 aromatic heterocycles. The third-order valence-corrected chi connectivity index (χ3v) is 5.63. The molecule has 0 saturated carbocycles. The highest BCUT2D eigenvalue weighted by Crippen LogP contribution is 2.20. The third kappa shape index (κ3) is 3.21. The Morgan fingerprint density at radius 2 is 1.89 bits per heavy atom. The monoisotopic (exact) mass is 379 g/mol. The van der Waals surface area contributed by atoms with E-state index in [4.69, 9.17) is 0 Å². The van der Waals surface area contributed by atoms with Gasteiger partial charge in [0.2, 0.25) is 5.91 Å². The highest BCUT2D eigenvalue weighted by Gasteiger charge is 2.22. The largest absolute Gasteiger partial charge is 0.341 e. The molecular weight excluding hydrogens is 354 g/mol. The molecule has 0 bridgehead atoms. The van der Waals surface area contributed by atoms with Crippen LogP contribution in [0.25, 0.3) is 16.6 Å². The average Bonchev–Trinajstić information content (AvgIpc) is 3.12. The number of amides is 1. The smallest absolute Gasteiger partial charge is 0.293 e. The molecule has 0 unspecified atom stereocenters. The molecule has 28 heavy (non-hydrogen) atoms. The molecule has 7 heteroatoms. The van der Waals surface area contributed by atoms with E-state index in [0.29, 0.717) is 22.5 Å². The van der Waals surface area contributed by atoms with E-state index in [9.17, 15) is 9.59 Å². The van der Waals surface area contributed by atoms with Gasteiger partial charge in [-0.3, -0.25) is 9.59 Å². The Kier molecular flexibility index (Phi) is 4.75. The van der Waals surface area contributed by atoms with Crippen molar-refractivity contribution in [3.63, 3.8) is 0 Å². The highest BCUT2D eigenvalue weighted by molar-refractivity contribution is 5.82. The molecule has 146 valence electrons. The van der Waals surface area contributed by atoms with Crippen LogP contribution in [0.2, 0.25) is 0 Å². The van der Waals surface area contributed by atoms with Gasteiger partial charge in [0.05, 0.1) is 17.6 Å². The van der Waals surface area contributed by atoms with Gasteiger partial charge in [-0.15, -0.1) is 0 Å². The minimum absolute atomic E-state index is 0.0387. The zero-order valence-corrected chi connectivity index (χ0v) is 16.6. The van der Waals surface area contributed by atoms with Gasteiger partial charge in [0, 0.05) is 18.5 Å². The van der Waals surface area contributed by atoms with E-state index in [-0.39, 0.29) is 18.0 Å². The Morgan fingerprint density at radius 1 is 1.18 bits per heavy atom. The quantitative estimate of drug-likeness (QED) is 0.701. The van der Waals surface area contributed by atoms with Crippen molar-refractivity contribution in [1.82, 2.24) is 24.5 Å². The molecule has 1 amide bonds. The van der Waals surface area contributed by atoms with Gasteiger partial charge < -0.3 is 4.90 Å². The molecule has 3 heterocycles. The lowest BCUT2D eigenvalue weighted by Crippen LogP contribution is -2.42. The molecule has 1 aliphatic heterocycles. The Hall–Kier alpha value is -2.96. The summed E-state index contributed by atoms with van der Waals surface area (Å²) in [5.41, 5.74) is 2.73. The predicted octanol–water partition coefficient (Wildman–Crippen LogP) is 2.46. The SMILES string of the molecule is Cc1ccccc1-n1ncc2c(C)nn(CC(=O)N3CCC(C)CC3)c(=O)c21. The van der Waals surface area contributed by atoms with Crippen molar-refractivity contribution in [3.8, 4) is 5.69 Å². The molecule has 0 spiro atoms. The number of aryl methyl sites for hydroxylation is 2. The fourth-order valence-electron chi connectivity index (χ4n) is 3.80. The van der Waals surface area contributed by atoms with E-state index in [2.05, 4.69) is 17.1 Å². The van der Waals surface area contributed by atoms with Crippen molar-refractivity contribution in [1.29, 1.82) is 0 Å². The van der Waals surface area contributed by atoms with E-state index in [1.807, 2.05) is 43.0 Å². The van der Waals surface area contributed by atoms with E-state index in [1.165, 1.54) is 4.68 Å². The second kappa shape index (κ2) is 7.22. The molecule has 4 rings (SSSR count). The van der Waals surface area contributed by atoms with Crippen LogP contribution in [-0.4, -0.2) is 43.5 Å². The molecule has 0 aliphatic carbocycles. The number of carbonyl (C=O) groups excluding carboxylic acids is 1. The van der Waals surface area contributed by atoms with Gasteiger partial charge in [0.15, 0.2) is 0 Å². The fourth-order valence-corrected chi connectivity index (χ4v) is 3.80. The number of aromatic nitrogens is 4. The summed E-state index contributed by atoms with van der Waals surface area (Å²) in [7, 11) is 0. The van der Waals surface area contributed by atoms with Crippen molar-refractivity contribution in [2.45, 2.75) is 40.2 Å². The van der Waals surface area contributed by atoms with Gasteiger partial charge in [-0.1, -0.05) is 25.1 Å². The van der Waals surface area contributed by atoms with Crippen molar-refractivity contribution in [2.24, 2.45) is 5.92 Å². The maximum absolute atomic E-state index is 13.2. The average molecular weight is 379 g/mol. The van der Waals surface area contributed by atoms with Gasteiger partial charge in [0.25, 0.3) is 5.56 Å². The van der Waals surface area contributed by atoms with E-state index in [1.54, 1.807) is 10.9 Å². The minimum atomic E-state index is -0.292. The lowest BCUT2D eigenvalue weighted by molar-refractivity contribution is -0.133. The fraction of sp³-hybridized carbons (Fsp3) is 0.429. The number of hydrogen-bond acceptors (Lipinski definition) is 4. The Balaban J connectivity index is 1.73. The first-order valence-electron chi connectivity index (χ1n) is 9.75. The van der Waals surface area contributed by atoms with E-state index < -0.39 is 0 Å². The van der Waals surface area contributed by atoms with Gasteiger partial charge in [-0.25, -0.2) is 9.36 Å². The standard InChI is InChI=1S/C21H25N5O2/c1-14-8-10-24(11-9-14)19(27)13-25-21(28)20-17(16(3)23-25)12-22-26(20)18-7-5-4-6-15(18)2/h4-7,12,14H,8-11,13H2,1-3H3. The number of piperidine rings is 1. The topological polar surface area (TPSA) is 73.0 Å². The van der Waals surface area contributed by atoms with Crippen LogP contribution in [0.1, 0.15) is 31.0 Å². The number of nitrogens with zero attached hydrogens (tertiary/aromatic N) is 5. The normalized spacial score (nSPS) is 15.3. The van der Waals surface area contributed by atoms with Crippen LogP contribution in [0.4, 0.5) is 0 Å². The maximum Gasteiger partial charge on any atom is 0.293 e. The summed E-state index contributed by atoms with van der Waals surface area (Å²) in [6, 6.07) is 7.79. The molecule has 7 nitrogen and oxygen atoms in total. The molecule has 0 atom stereocenters. The maximum atomic E-state index is 13.2. The van der Waals surface area contributed by atoms with Crippen molar-refractivity contribution >= 4 is 16.8 Å². The molecule has 1 aromatic carbocycles. The number of hydrogen-bond donors (Lipinski definition) is 0. The van der Waals surface area contributed by atoms with Crippen LogP contribution in [0, 0.1) is 19.8 Å². The lowest BCUT2D eigenvalue weighted by Gasteiger charge is -2.30. The first-order valence-corrected chi connectivity index (χ1v) is 9.75. The van der Waals surface area contributed by atoms with E-state index in [0.717, 1.165) is 37.2 Å². The predicted molar refractivity (Wildman–Crippen MR) is 108 cm³/mol. The Morgan fingerprint density at radius 3 is 2.61 bits per heavy atom. The van der Waals surface area contributed by atoms with E-state index >= 15 is 0 Å². The lowest BCUT2D eigenvalue weighted by atomic mass is 9.99. The van der Waals surface area contributed by atoms with Crippen LogP contribution >= 0.6 is 0 Å². The van der Waals surface area contributed by atoms with Crippen molar-refractivity contribution in [2.75, 3.05) is 13.1 Å². The minimum Gasteiger partial charge on any atom is -0.341 e. The van der Waals surface area contributed by atoms with Gasteiger partial charge in [0.1, 0.15) is 12.1 Å². The zero-order valence-electron chi connectivity index (χ0n) is 16.6. The van der Waals surface area contributed by atoms with Crippen molar-refractivity contribution in [3.05, 3.63) is 52.1 Å². The second-order valence-corrected chi connectivity index (χ2v) is 7.72. The summed E-state index contributed by atoms with van der Waals surface area (Å²) in [5, 5.41) is 9.53. The number of para-hydroxylation sites is 1. The van der Waals surface area contributed by atoms with Gasteiger partial charge in [-0.05, 0) is 44.2 Å². The molecule has 1 fully saturated rings. The van der Waals surface area contributed by atoms with Gasteiger partial charge >= 0.3 is 0 Å². The first kappa shape index (κ1) is 18.4. The summed E-state index contributed by atoms with van der Waals surface area (Å²) < 4.78 is 2.94. The molecule has 0 N–H and O–H groups in total. The summed E-state index contributed by atoms with van der Waals surface area (Å²) in [4.78, 5) is 27.8. The van der Waals surface area contributed by atoms with Crippen LogP contribution in [0.15, 0.2) is 35.3 Å². The summed E-state index contributed by atoms with van der Waals surface area (Å²) in [6.07, 6.45) is 3.68. The second-order valence-electron chi connectivity index (χ2n) is 7.72. The number of carbonyl (C=O) groups is 1. The number of benzene rings is 1. The molecule has 3 aromatic rings. The number of rotatable bonds is 3. The molecule has 0 radical (unpaired) electrons. The molecule has 1 saturated heterocycles. The number of fused-ring (bicyclic) bond motifs is 1. The van der Waals surface area contributed by atoms with Crippen molar-refractivity contribution < 1.29 is 4.79 Å². The highest BCUT2D eigenvalue weighted by atomic mass is 16.2. The van der Waals surface area contributed by atoms with Crippen LogP contribution in [0.5, 0.6) is 0 Å². The summed E-state index contributed by atoms with van der Waals surface area (Å²) in [6.45, 7) is 7.49. The Bertz CT molecular complexity index is 1090. The van der Waals surface area contributed by atoms with Crippen LogP contribution < -0.4 is 5.56 Å². The molecule has 1 aliphatic rings. The first-order chi connectivity index (χ1) is 13.5. The number of likely N-dealkylation sites (tertiary alicyclic amines) is 1. The van der Waals surface area contributed by atoms with Crippen LogP contribution in [0.3, 0.4) is 0 Å². The summed E-state index contributed by atoms with van der Waals surface area (Å²) >= 11 is 0. The molecular formula is C21H25N5O2.